The van der Waals surface area contributed by atoms with Crippen molar-refractivity contribution in [2.75, 3.05) is 6.54 Å². The highest BCUT2D eigenvalue weighted by Crippen LogP contribution is 2.37. The maximum absolute atomic E-state index is 6.13. The molecule has 1 aromatic carbocycles. The predicted octanol–water partition coefficient (Wildman–Crippen LogP) is 5.93. The van der Waals surface area contributed by atoms with Crippen LogP contribution in [0.5, 0.6) is 0 Å². The summed E-state index contributed by atoms with van der Waals surface area (Å²) >= 11 is 15.1. The zero-order valence-corrected chi connectivity index (χ0v) is 15.4. The molecule has 0 aliphatic heterocycles. The molecule has 1 nitrogen and oxygen atoms in total. The average Bonchev–Trinajstić information content (AvgIpc) is 2.70. The van der Waals surface area contributed by atoms with Crippen molar-refractivity contribution < 1.29 is 0 Å². The number of hydrogen-bond acceptors (Lipinski definition) is 2. The van der Waals surface area contributed by atoms with Gasteiger partial charge >= 0.3 is 0 Å². The van der Waals surface area contributed by atoms with Crippen LogP contribution in [0.1, 0.15) is 29.0 Å². The van der Waals surface area contributed by atoms with E-state index >= 15 is 0 Å². The first-order valence-corrected chi connectivity index (χ1v) is 8.75. The molecule has 1 atom stereocenters. The smallest absolute Gasteiger partial charge is 0.0731 e. The van der Waals surface area contributed by atoms with E-state index in [-0.39, 0.29) is 6.04 Å². The van der Waals surface area contributed by atoms with Gasteiger partial charge in [-0.2, -0.15) is 0 Å². The quantitative estimate of drug-likeness (QED) is 0.642. The van der Waals surface area contributed by atoms with Crippen LogP contribution in [0.25, 0.3) is 0 Å². The Balaban J connectivity index is 2.47. The second kappa shape index (κ2) is 6.72. The fourth-order valence-corrected chi connectivity index (χ4v) is 4.25. The fraction of sp³-hybridized carbons (Fsp3) is 0.286. The molecular weight excluding hydrogens is 409 g/mol. The molecule has 19 heavy (non-hydrogen) atoms. The predicted molar refractivity (Wildman–Crippen MR) is 91.4 cm³/mol. The van der Waals surface area contributed by atoms with Crippen LogP contribution in [-0.2, 0) is 0 Å². The van der Waals surface area contributed by atoms with E-state index in [1.807, 2.05) is 18.2 Å². The monoisotopic (exact) mass is 421 g/mol. The Morgan fingerprint density at radius 2 is 2.05 bits per heavy atom. The summed E-state index contributed by atoms with van der Waals surface area (Å²) < 4.78 is 2.26. The third-order valence-corrected chi connectivity index (χ3v) is 6.00. The topological polar surface area (TPSA) is 12.0 Å². The van der Waals surface area contributed by atoms with Crippen LogP contribution in [0.15, 0.2) is 32.5 Å². The Labute approximate surface area is 139 Å². The molecule has 0 spiro atoms. The first-order chi connectivity index (χ1) is 9.02. The van der Waals surface area contributed by atoms with E-state index in [0.717, 1.165) is 16.0 Å². The van der Waals surface area contributed by atoms with Crippen LogP contribution in [0.2, 0.25) is 5.02 Å². The van der Waals surface area contributed by atoms with Gasteiger partial charge in [0, 0.05) is 14.4 Å². The van der Waals surface area contributed by atoms with Crippen molar-refractivity contribution in [3.63, 3.8) is 0 Å². The highest BCUT2D eigenvalue weighted by molar-refractivity contribution is 9.11. The zero-order valence-electron chi connectivity index (χ0n) is 10.6. The molecule has 0 bridgehead atoms. The normalized spacial score (nSPS) is 12.7. The van der Waals surface area contributed by atoms with E-state index in [0.29, 0.717) is 0 Å². The van der Waals surface area contributed by atoms with E-state index in [2.05, 4.69) is 57.1 Å². The highest BCUT2D eigenvalue weighted by atomic mass is 79.9. The minimum atomic E-state index is 0.160. The molecule has 0 amide bonds. The Kier molecular flexibility index (Phi) is 5.49. The number of aryl methyl sites for hydroxylation is 1. The van der Waals surface area contributed by atoms with Gasteiger partial charge in [-0.3, -0.25) is 0 Å². The molecule has 1 N–H and O–H groups in total. The van der Waals surface area contributed by atoms with Crippen LogP contribution < -0.4 is 5.32 Å². The Morgan fingerprint density at radius 1 is 1.32 bits per heavy atom. The van der Waals surface area contributed by atoms with Gasteiger partial charge in [0.15, 0.2) is 0 Å². The summed E-state index contributed by atoms with van der Waals surface area (Å²) in [6, 6.07) is 8.29. The molecule has 0 saturated heterocycles. The molecule has 0 radical (unpaired) electrons. The third kappa shape index (κ3) is 3.61. The molecule has 2 rings (SSSR count). The van der Waals surface area contributed by atoms with Crippen molar-refractivity contribution in [3.05, 3.63) is 53.6 Å². The lowest BCUT2D eigenvalue weighted by Crippen LogP contribution is -2.21. The summed E-state index contributed by atoms with van der Waals surface area (Å²) in [5.74, 6) is 0. The SMILES string of the molecule is CCNC(c1cc(C)c(Br)s1)c1cc(Cl)ccc1Br. The summed E-state index contributed by atoms with van der Waals surface area (Å²) in [5, 5.41) is 4.28. The Bertz CT molecular complexity index is 563. The summed E-state index contributed by atoms with van der Waals surface area (Å²) in [4.78, 5) is 1.29. The van der Waals surface area contributed by atoms with Gasteiger partial charge in [0.1, 0.15) is 0 Å². The first-order valence-electron chi connectivity index (χ1n) is 5.97. The minimum absolute atomic E-state index is 0.160. The van der Waals surface area contributed by atoms with Crippen molar-refractivity contribution in [2.24, 2.45) is 0 Å². The number of hydrogen-bond donors (Lipinski definition) is 1. The highest BCUT2D eigenvalue weighted by Gasteiger charge is 2.19. The number of thiophene rings is 1. The Hall–Kier alpha value is 0.130. The van der Waals surface area contributed by atoms with Gasteiger partial charge in [-0.15, -0.1) is 11.3 Å². The lowest BCUT2D eigenvalue weighted by atomic mass is 10.0. The van der Waals surface area contributed by atoms with E-state index in [9.17, 15) is 0 Å². The van der Waals surface area contributed by atoms with Gasteiger partial charge in [-0.1, -0.05) is 34.5 Å². The molecule has 0 aliphatic rings. The van der Waals surface area contributed by atoms with Crippen molar-refractivity contribution in [1.29, 1.82) is 0 Å². The van der Waals surface area contributed by atoms with Crippen LogP contribution in [0.3, 0.4) is 0 Å². The summed E-state index contributed by atoms with van der Waals surface area (Å²) in [5.41, 5.74) is 2.43. The molecule has 102 valence electrons. The lowest BCUT2D eigenvalue weighted by Gasteiger charge is -2.18. The number of nitrogens with one attached hydrogen (secondary N) is 1. The zero-order chi connectivity index (χ0) is 14.0. The number of halogens is 3. The van der Waals surface area contributed by atoms with Gasteiger partial charge < -0.3 is 5.32 Å². The van der Waals surface area contributed by atoms with E-state index < -0.39 is 0 Å². The van der Waals surface area contributed by atoms with Crippen molar-refractivity contribution >= 4 is 54.8 Å². The van der Waals surface area contributed by atoms with Crippen LogP contribution in [0, 0.1) is 6.92 Å². The van der Waals surface area contributed by atoms with Gasteiger partial charge in [-0.25, -0.2) is 0 Å². The second-order valence-electron chi connectivity index (χ2n) is 4.26. The molecule has 1 aromatic heterocycles. The molecule has 5 heteroatoms. The summed E-state index contributed by atoms with van der Waals surface area (Å²) in [6.07, 6.45) is 0. The largest absolute Gasteiger partial charge is 0.306 e. The van der Waals surface area contributed by atoms with Gasteiger partial charge in [-0.05, 0) is 64.8 Å². The van der Waals surface area contributed by atoms with Crippen LogP contribution >= 0.6 is 54.8 Å². The fourth-order valence-electron chi connectivity index (χ4n) is 1.93. The third-order valence-electron chi connectivity index (χ3n) is 2.84. The average molecular weight is 424 g/mol. The summed E-state index contributed by atoms with van der Waals surface area (Å²) in [7, 11) is 0. The molecule has 1 unspecified atom stereocenters. The number of rotatable bonds is 4. The molecule has 0 fully saturated rings. The van der Waals surface area contributed by atoms with Crippen molar-refractivity contribution in [1.82, 2.24) is 5.32 Å². The van der Waals surface area contributed by atoms with Crippen LogP contribution in [0.4, 0.5) is 0 Å². The van der Waals surface area contributed by atoms with E-state index in [4.69, 9.17) is 11.6 Å². The second-order valence-corrected chi connectivity index (χ2v) is 7.95. The van der Waals surface area contributed by atoms with Gasteiger partial charge in [0.2, 0.25) is 0 Å². The lowest BCUT2D eigenvalue weighted by molar-refractivity contribution is 0.637. The van der Waals surface area contributed by atoms with Crippen molar-refractivity contribution in [2.45, 2.75) is 19.9 Å². The van der Waals surface area contributed by atoms with Crippen LogP contribution in [-0.4, -0.2) is 6.54 Å². The Morgan fingerprint density at radius 3 is 2.63 bits per heavy atom. The minimum Gasteiger partial charge on any atom is -0.306 e. The molecule has 0 aliphatic carbocycles. The standard InChI is InChI=1S/C14H14Br2ClNS/c1-3-18-13(12-6-8(2)14(16)19-12)10-7-9(17)4-5-11(10)15/h4-7,13,18H,3H2,1-2H3. The molecule has 2 aromatic rings. The van der Waals surface area contributed by atoms with E-state index in [1.54, 1.807) is 11.3 Å². The number of benzene rings is 1. The molecule has 0 saturated carbocycles. The first kappa shape index (κ1) is 15.5. The van der Waals surface area contributed by atoms with E-state index in [1.165, 1.54) is 19.8 Å². The maximum atomic E-state index is 6.13. The molecule has 1 heterocycles. The van der Waals surface area contributed by atoms with Crippen molar-refractivity contribution in [3.8, 4) is 0 Å². The van der Waals surface area contributed by atoms with Gasteiger partial charge in [0.25, 0.3) is 0 Å². The summed E-state index contributed by atoms with van der Waals surface area (Å²) in [6.45, 7) is 5.12. The maximum Gasteiger partial charge on any atom is 0.0731 e. The molecular formula is C14H14Br2ClNS. The van der Waals surface area contributed by atoms with Gasteiger partial charge in [0.05, 0.1) is 9.83 Å².